The minimum Gasteiger partial charge on any atom is -0.396 e. The summed E-state index contributed by atoms with van der Waals surface area (Å²) in [5.74, 6) is -0.00709. The molecule has 0 unspecified atom stereocenters. The molecule has 0 radical (unpaired) electrons. The molecule has 0 amide bonds. The molecule has 0 atom stereocenters. The van der Waals surface area contributed by atoms with Crippen molar-refractivity contribution in [1.82, 2.24) is 9.62 Å². The first kappa shape index (κ1) is 16.8. The lowest BCUT2D eigenvalue weighted by Gasteiger charge is -2.30. The van der Waals surface area contributed by atoms with Crippen molar-refractivity contribution in [2.24, 2.45) is 0 Å². The second-order valence-electron chi connectivity index (χ2n) is 4.72. The summed E-state index contributed by atoms with van der Waals surface area (Å²) < 4.78 is 25.5. The van der Waals surface area contributed by atoms with Crippen molar-refractivity contribution in [2.45, 2.75) is 46.2 Å². The van der Waals surface area contributed by atoms with Gasteiger partial charge in [0.1, 0.15) is 0 Å². The van der Waals surface area contributed by atoms with Gasteiger partial charge in [-0.15, -0.1) is 0 Å². The highest BCUT2D eigenvalue weighted by molar-refractivity contribution is 7.89. The summed E-state index contributed by atoms with van der Waals surface area (Å²) in [5.41, 5.74) is 0. The van der Waals surface area contributed by atoms with Gasteiger partial charge in [-0.25, -0.2) is 13.1 Å². The van der Waals surface area contributed by atoms with Gasteiger partial charge in [0.05, 0.1) is 5.75 Å². The quantitative estimate of drug-likeness (QED) is 0.634. The molecule has 0 aliphatic rings. The lowest BCUT2D eigenvalue weighted by molar-refractivity contribution is 0.179. The lowest BCUT2D eigenvalue weighted by atomic mass is 10.2. The second kappa shape index (κ2) is 8.02. The van der Waals surface area contributed by atoms with E-state index in [4.69, 9.17) is 5.11 Å². The largest absolute Gasteiger partial charge is 0.396 e. The zero-order valence-electron chi connectivity index (χ0n) is 11.3. The van der Waals surface area contributed by atoms with Crippen LogP contribution in [0.25, 0.3) is 0 Å². The predicted molar refractivity (Wildman–Crippen MR) is 70.5 cm³/mol. The highest BCUT2D eigenvalue weighted by Crippen LogP contribution is 2.03. The highest BCUT2D eigenvalue weighted by atomic mass is 32.2. The smallest absolute Gasteiger partial charge is 0.211 e. The Kier molecular flexibility index (Phi) is 7.94. The molecule has 0 saturated carbocycles. The minimum atomic E-state index is -3.23. The van der Waals surface area contributed by atoms with Gasteiger partial charge in [0.15, 0.2) is 0 Å². The molecule has 0 bridgehead atoms. The monoisotopic (exact) mass is 266 g/mol. The molecule has 17 heavy (non-hydrogen) atoms. The molecular formula is C11H26N2O3S. The molecule has 0 rings (SSSR count). The molecule has 0 spiro atoms. The summed E-state index contributed by atoms with van der Waals surface area (Å²) in [5, 5.41) is 8.59. The van der Waals surface area contributed by atoms with Crippen LogP contribution in [0.3, 0.4) is 0 Å². The van der Waals surface area contributed by atoms with Crippen LogP contribution in [-0.4, -0.2) is 56.0 Å². The Morgan fingerprint density at radius 3 is 2.12 bits per heavy atom. The maximum absolute atomic E-state index is 11.5. The molecule has 0 aromatic rings. The van der Waals surface area contributed by atoms with E-state index in [9.17, 15) is 8.42 Å². The van der Waals surface area contributed by atoms with Crippen molar-refractivity contribution in [3.8, 4) is 0 Å². The predicted octanol–water partition coefficient (Wildman–Crippen LogP) is 0.407. The van der Waals surface area contributed by atoms with Gasteiger partial charge in [0.2, 0.25) is 10.0 Å². The Bertz CT molecular complexity index is 281. The van der Waals surface area contributed by atoms with Gasteiger partial charge in [-0.05, 0) is 34.1 Å². The van der Waals surface area contributed by atoms with Crippen LogP contribution in [0.15, 0.2) is 0 Å². The van der Waals surface area contributed by atoms with E-state index >= 15 is 0 Å². The molecule has 2 N–H and O–H groups in total. The van der Waals surface area contributed by atoms with Crippen molar-refractivity contribution in [3.63, 3.8) is 0 Å². The van der Waals surface area contributed by atoms with Gasteiger partial charge in [0, 0.05) is 31.8 Å². The molecule has 104 valence electrons. The van der Waals surface area contributed by atoms with E-state index in [0.717, 1.165) is 0 Å². The Hall–Kier alpha value is -0.170. The third-order valence-electron chi connectivity index (χ3n) is 2.59. The number of hydrogen-bond acceptors (Lipinski definition) is 4. The van der Waals surface area contributed by atoms with Crippen LogP contribution < -0.4 is 4.72 Å². The summed E-state index contributed by atoms with van der Waals surface area (Å²) in [6, 6.07) is 0.800. The number of aliphatic hydroxyl groups is 1. The molecule has 0 heterocycles. The van der Waals surface area contributed by atoms with E-state index in [1.165, 1.54) is 0 Å². The maximum atomic E-state index is 11.5. The van der Waals surface area contributed by atoms with Gasteiger partial charge in [-0.1, -0.05) is 0 Å². The number of sulfonamides is 1. The maximum Gasteiger partial charge on any atom is 0.211 e. The van der Waals surface area contributed by atoms with Crippen LogP contribution in [0.2, 0.25) is 0 Å². The Morgan fingerprint density at radius 2 is 1.71 bits per heavy atom. The first-order valence-electron chi connectivity index (χ1n) is 6.14. The number of hydrogen-bond donors (Lipinski definition) is 2. The van der Waals surface area contributed by atoms with E-state index in [0.29, 0.717) is 25.2 Å². The summed E-state index contributed by atoms with van der Waals surface area (Å²) in [6.07, 6.45) is 0.285. The third kappa shape index (κ3) is 7.70. The standard InChI is InChI=1S/C11H26N2O3S/c1-10(2)13(11(3)4)7-6-12-17(15,16)9-5-8-14/h10-12,14H,5-9H2,1-4H3. The molecule has 0 saturated heterocycles. The van der Waals surface area contributed by atoms with Crippen LogP contribution in [0, 0.1) is 0 Å². The van der Waals surface area contributed by atoms with Gasteiger partial charge >= 0.3 is 0 Å². The molecule has 0 aliphatic heterocycles. The summed E-state index contributed by atoms with van der Waals surface area (Å²) in [4.78, 5) is 2.23. The van der Waals surface area contributed by atoms with Crippen LogP contribution in [-0.2, 0) is 10.0 Å². The number of aliphatic hydroxyl groups excluding tert-OH is 1. The molecule has 0 fully saturated rings. The molecule has 0 aromatic heterocycles. The number of rotatable bonds is 9. The van der Waals surface area contributed by atoms with Crippen LogP contribution in [0.1, 0.15) is 34.1 Å². The van der Waals surface area contributed by atoms with Crippen molar-refractivity contribution < 1.29 is 13.5 Å². The van der Waals surface area contributed by atoms with E-state index < -0.39 is 10.0 Å². The fraction of sp³-hybridized carbons (Fsp3) is 1.00. The zero-order valence-corrected chi connectivity index (χ0v) is 12.1. The van der Waals surface area contributed by atoms with E-state index in [-0.39, 0.29) is 18.8 Å². The normalized spacial score (nSPS) is 12.9. The van der Waals surface area contributed by atoms with Crippen molar-refractivity contribution >= 4 is 10.0 Å². The van der Waals surface area contributed by atoms with E-state index in [1.54, 1.807) is 0 Å². The Morgan fingerprint density at radius 1 is 1.18 bits per heavy atom. The van der Waals surface area contributed by atoms with Crippen molar-refractivity contribution in [3.05, 3.63) is 0 Å². The average molecular weight is 266 g/mol. The first-order chi connectivity index (χ1) is 7.80. The van der Waals surface area contributed by atoms with Crippen LogP contribution >= 0.6 is 0 Å². The van der Waals surface area contributed by atoms with Crippen LogP contribution in [0.4, 0.5) is 0 Å². The molecule has 0 aliphatic carbocycles. The molecule has 5 nitrogen and oxygen atoms in total. The Labute approximate surface area is 105 Å². The van der Waals surface area contributed by atoms with Crippen molar-refractivity contribution in [2.75, 3.05) is 25.4 Å². The summed E-state index contributed by atoms with van der Waals surface area (Å²) >= 11 is 0. The van der Waals surface area contributed by atoms with Gasteiger partial charge in [0.25, 0.3) is 0 Å². The fourth-order valence-electron chi connectivity index (χ4n) is 1.77. The Balaban J connectivity index is 4.04. The fourth-order valence-corrected chi connectivity index (χ4v) is 2.83. The number of nitrogens with one attached hydrogen (secondary N) is 1. The minimum absolute atomic E-state index is 0.00709. The summed E-state index contributed by atoms with van der Waals surface area (Å²) in [6.45, 7) is 9.42. The third-order valence-corrected chi connectivity index (χ3v) is 4.06. The first-order valence-corrected chi connectivity index (χ1v) is 7.79. The van der Waals surface area contributed by atoms with E-state index in [1.807, 2.05) is 0 Å². The number of nitrogens with zero attached hydrogens (tertiary/aromatic N) is 1. The molecule has 6 heteroatoms. The van der Waals surface area contributed by atoms with Gasteiger partial charge < -0.3 is 5.11 Å². The molecular weight excluding hydrogens is 240 g/mol. The van der Waals surface area contributed by atoms with Crippen molar-refractivity contribution in [1.29, 1.82) is 0 Å². The topological polar surface area (TPSA) is 69.6 Å². The SMILES string of the molecule is CC(C)N(CCNS(=O)(=O)CCCO)C(C)C. The lowest BCUT2D eigenvalue weighted by Crippen LogP contribution is -2.42. The zero-order chi connectivity index (χ0) is 13.5. The average Bonchev–Trinajstić information content (AvgIpc) is 2.20. The summed E-state index contributed by atoms with van der Waals surface area (Å²) in [7, 11) is -3.23. The van der Waals surface area contributed by atoms with Gasteiger partial charge in [-0.2, -0.15) is 0 Å². The van der Waals surface area contributed by atoms with Crippen LogP contribution in [0.5, 0.6) is 0 Å². The van der Waals surface area contributed by atoms with E-state index in [2.05, 4.69) is 37.3 Å². The molecule has 0 aromatic carbocycles. The second-order valence-corrected chi connectivity index (χ2v) is 6.64. The highest BCUT2D eigenvalue weighted by Gasteiger charge is 2.14. The van der Waals surface area contributed by atoms with Gasteiger partial charge in [-0.3, -0.25) is 4.90 Å².